The van der Waals surface area contributed by atoms with E-state index in [9.17, 15) is 8.42 Å². The molecule has 0 aromatic carbocycles. The van der Waals surface area contributed by atoms with Crippen molar-refractivity contribution in [1.82, 2.24) is 13.9 Å². The normalized spacial score (nSPS) is 24.4. The summed E-state index contributed by atoms with van der Waals surface area (Å²) in [5.74, 6) is 0.300. The summed E-state index contributed by atoms with van der Waals surface area (Å²) in [6.45, 7) is 6.72. The summed E-state index contributed by atoms with van der Waals surface area (Å²) >= 11 is 0. The number of nitrogens with two attached hydrogens (primary N) is 1. The Labute approximate surface area is 104 Å². The molecule has 0 saturated carbocycles. The molecule has 1 unspecified atom stereocenters. The molecule has 17 heavy (non-hydrogen) atoms. The zero-order chi connectivity index (χ0) is 13.1. The average molecular weight is 264 g/mol. The topological polar surface area (TPSA) is 78.7 Å². The Kier molecular flexibility index (Phi) is 5.33. The third kappa shape index (κ3) is 4.18. The number of nitrogens with zero attached hydrogens (tertiary/aromatic N) is 2. The van der Waals surface area contributed by atoms with Crippen LogP contribution in [0.2, 0.25) is 0 Å². The molecular formula is C10H24N4O2S. The largest absolute Gasteiger partial charge is 0.329 e. The molecule has 7 heteroatoms. The fourth-order valence-electron chi connectivity index (χ4n) is 1.86. The van der Waals surface area contributed by atoms with Crippen LogP contribution in [0, 0.1) is 5.92 Å². The first-order chi connectivity index (χ1) is 7.86. The van der Waals surface area contributed by atoms with Crippen molar-refractivity contribution in [3.05, 3.63) is 0 Å². The Morgan fingerprint density at radius 3 is 2.59 bits per heavy atom. The van der Waals surface area contributed by atoms with Crippen molar-refractivity contribution in [2.24, 2.45) is 11.7 Å². The van der Waals surface area contributed by atoms with Crippen molar-refractivity contribution in [2.45, 2.75) is 19.9 Å². The Morgan fingerprint density at radius 2 is 2.06 bits per heavy atom. The Morgan fingerprint density at radius 1 is 1.41 bits per heavy atom. The van der Waals surface area contributed by atoms with Gasteiger partial charge in [-0.3, -0.25) is 0 Å². The third-order valence-corrected chi connectivity index (χ3v) is 4.52. The average Bonchev–Trinajstić information content (AvgIpc) is 2.26. The summed E-state index contributed by atoms with van der Waals surface area (Å²) in [4.78, 5) is 2.10. The van der Waals surface area contributed by atoms with Gasteiger partial charge in [0.1, 0.15) is 0 Å². The van der Waals surface area contributed by atoms with Gasteiger partial charge in [0.25, 0.3) is 10.2 Å². The van der Waals surface area contributed by atoms with Crippen molar-refractivity contribution in [1.29, 1.82) is 0 Å². The number of nitrogens with one attached hydrogen (secondary N) is 1. The molecule has 0 radical (unpaired) electrons. The van der Waals surface area contributed by atoms with Gasteiger partial charge in [-0.05, 0) is 13.0 Å². The molecule has 0 aromatic heterocycles. The quantitative estimate of drug-likeness (QED) is 0.671. The smallest absolute Gasteiger partial charge is 0.279 e. The highest BCUT2D eigenvalue weighted by atomic mass is 32.2. The SMILES string of the molecule is CC(C)CNS(=O)(=O)N1CCN(C)CC1CN. The van der Waals surface area contributed by atoms with Gasteiger partial charge in [0.05, 0.1) is 6.04 Å². The van der Waals surface area contributed by atoms with Crippen molar-refractivity contribution in [2.75, 3.05) is 39.8 Å². The molecule has 1 saturated heterocycles. The first-order valence-electron chi connectivity index (χ1n) is 6.02. The summed E-state index contributed by atoms with van der Waals surface area (Å²) in [5, 5.41) is 0. The van der Waals surface area contributed by atoms with Crippen LogP contribution >= 0.6 is 0 Å². The molecule has 3 N–H and O–H groups in total. The van der Waals surface area contributed by atoms with E-state index in [-0.39, 0.29) is 6.04 Å². The summed E-state index contributed by atoms with van der Waals surface area (Å²) in [5.41, 5.74) is 5.65. The predicted molar refractivity (Wildman–Crippen MR) is 68.8 cm³/mol. The second-order valence-electron chi connectivity index (χ2n) is 5.01. The van der Waals surface area contributed by atoms with E-state index in [1.165, 1.54) is 4.31 Å². The van der Waals surface area contributed by atoms with E-state index in [0.29, 0.717) is 32.1 Å². The summed E-state index contributed by atoms with van der Waals surface area (Å²) in [6.07, 6.45) is 0. The lowest BCUT2D eigenvalue weighted by atomic mass is 10.2. The second kappa shape index (κ2) is 6.10. The monoisotopic (exact) mass is 264 g/mol. The predicted octanol–water partition coefficient (Wildman–Crippen LogP) is -0.948. The molecule has 0 bridgehead atoms. The summed E-state index contributed by atoms with van der Waals surface area (Å²) < 4.78 is 28.3. The van der Waals surface area contributed by atoms with Gasteiger partial charge in [-0.1, -0.05) is 13.8 Å². The van der Waals surface area contributed by atoms with Gasteiger partial charge in [-0.15, -0.1) is 0 Å². The first kappa shape index (κ1) is 14.8. The molecule has 102 valence electrons. The molecule has 1 rings (SSSR count). The van der Waals surface area contributed by atoms with Gasteiger partial charge >= 0.3 is 0 Å². The maximum absolute atomic E-state index is 12.1. The van der Waals surface area contributed by atoms with Crippen LogP contribution in [0.3, 0.4) is 0 Å². The highest BCUT2D eigenvalue weighted by Crippen LogP contribution is 2.11. The van der Waals surface area contributed by atoms with E-state index < -0.39 is 10.2 Å². The number of likely N-dealkylation sites (N-methyl/N-ethyl adjacent to an activating group) is 1. The minimum atomic E-state index is -3.39. The van der Waals surface area contributed by atoms with Crippen LogP contribution in [0.4, 0.5) is 0 Å². The standard InChI is InChI=1S/C10H24N4O2S/c1-9(2)7-12-17(15,16)14-5-4-13(3)8-10(14)6-11/h9-10,12H,4-8,11H2,1-3H3. The van der Waals surface area contributed by atoms with Crippen molar-refractivity contribution >= 4 is 10.2 Å². The zero-order valence-corrected chi connectivity index (χ0v) is 11.7. The molecule has 1 aliphatic rings. The molecule has 0 aliphatic carbocycles. The fourth-order valence-corrected chi connectivity index (χ4v) is 3.43. The maximum Gasteiger partial charge on any atom is 0.279 e. The molecule has 6 nitrogen and oxygen atoms in total. The number of rotatable bonds is 5. The van der Waals surface area contributed by atoms with Crippen molar-refractivity contribution < 1.29 is 8.42 Å². The van der Waals surface area contributed by atoms with Crippen LogP contribution < -0.4 is 10.5 Å². The number of piperazine rings is 1. The lowest BCUT2D eigenvalue weighted by molar-refractivity contribution is 0.162. The molecular weight excluding hydrogens is 240 g/mol. The molecule has 1 fully saturated rings. The van der Waals surface area contributed by atoms with Gasteiger partial charge < -0.3 is 10.6 Å². The number of hydrogen-bond donors (Lipinski definition) is 2. The molecule has 1 aliphatic heterocycles. The second-order valence-corrected chi connectivity index (χ2v) is 6.72. The van der Waals surface area contributed by atoms with E-state index >= 15 is 0 Å². The van der Waals surface area contributed by atoms with Gasteiger partial charge in [-0.25, -0.2) is 4.72 Å². The van der Waals surface area contributed by atoms with E-state index in [4.69, 9.17) is 5.73 Å². The van der Waals surface area contributed by atoms with Crippen molar-refractivity contribution in [3.8, 4) is 0 Å². The van der Waals surface area contributed by atoms with Crippen LogP contribution in [0.5, 0.6) is 0 Å². The first-order valence-corrected chi connectivity index (χ1v) is 7.46. The van der Waals surface area contributed by atoms with Gasteiger partial charge in [0.15, 0.2) is 0 Å². The fraction of sp³-hybridized carbons (Fsp3) is 1.00. The minimum Gasteiger partial charge on any atom is -0.329 e. The molecule has 1 heterocycles. The molecule has 1 atom stereocenters. The maximum atomic E-state index is 12.1. The summed E-state index contributed by atoms with van der Waals surface area (Å²) in [7, 11) is -1.41. The van der Waals surface area contributed by atoms with Gasteiger partial charge in [0.2, 0.25) is 0 Å². The third-order valence-electron chi connectivity index (χ3n) is 2.89. The highest BCUT2D eigenvalue weighted by molar-refractivity contribution is 7.87. The van der Waals surface area contributed by atoms with Crippen LogP contribution in [0.1, 0.15) is 13.8 Å². The molecule has 0 spiro atoms. The van der Waals surface area contributed by atoms with E-state index in [0.717, 1.165) is 6.54 Å². The van der Waals surface area contributed by atoms with Crippen LogP contribution in [-0.2, 0) is 10.2 Å². The highest BCUT2D eigenvalue weighted by Gasteiger charge is 2.32. The van der Waals surface area contributed by atoms with E-state index in [1.807, 2.05) is 20.9 Å². The van der Waals surface area contributed by atoms with E-state index in [1.54, 1.807) is 0 Å². The van der Waals surface area contributed by atoms with Crippen molar-refractivity contribution in [3.63, 3.8) is 0 Å². The van der Waals surface area contributed by atoms with Gasteiger partial charge in [-0.2, -0.15) is 12.7 Å². The Bertz CT molecular complexity index is 331. The van der Waals surface area contributed by atoms with Crippen LogP contribution in [0.25, 0.3) is 0 Å². The lowest BCUT2D eigenvalue weighted by Gasteiger charge is -2.38. The molecule has 0 amide bonds. The van der Waals surface area contributed by atoms with Gasteiger partial charge in [0, 0.05) is 32.7 Å². The van der Waals surface area contributed by atoms with Crippen LogP contribution in [0.15, 0.2) is 0 Å². The van der Waals surface area contributed by atoms with Crippen LogP contribution in [-0.4, -0.2) is 63.4 Å². The molecule has 0 aromatic rings. The zero-order valence-electron chi connectivity index (χ0n) is 10.9. The number of hydrogen-bond acceptors (Lipinski definition) is 4. The summed E-state index contributed by atoms with van der Waals surface area (Å²) in [6, 6.07) is -0.126. The minimum absolute atomic E-state index is 0.126. The lowest BCUT2D eigenvalue weighted by Crippen LogP contribution is -2.59. The Hall–Kier alpha value is -0.210. The van der Waals surface area contributed by atoms with E-state index in [2.05, 4.69) is 9.62 Å². The Balaban J connectivity index is 2.68.